The van der Waals surface area contributed by atoms with Crippen molar-refractivity contribution in [1.29, 1.82) is 0 Å². The third-order valence-electron chi connectivity index (χ3n) is 5.88. The fraction of sp³-hybridized carbons (Fsp3) is 0.300. The lowest BCUT2D eigenvalue weighted by Crippen LogP contribution is -2.36. The molecule has 3 aromatic rings. The number of hydrogen-bond acceptors (Lipinski definition) is 3. The molecule has 0 saturated heterocycles. The summed E-state index contributed by atoms with van der Waals surface area (Å²) in [5.74, 6) is 0.493. The fourth-order valence-corrected chi connectivity index (χ4v) is 4.99. The number of amides is 2. The number of hydrogen-bond donors (Lipinski definition) is 4. The first-order valence-corrected chi connectivity index (χ1v) is 9.87. The lowest BCUT2D eigenvalue weighted by Gasteiger charge is -2.27. The zero-order valence-corrected chi connectivity index (χ0v) is 16.3. The second-order valence-corrected chi connectivity index (χ2v) is 8.56. The van der Waals surface area contributed by atoms with Gasteiger partial charge < -0.3 is 15.7 Å². The quantitative estimate of drug-likeness (QED) is 0.513. The molecule has 4 N–H and O–H groups in total. The molecule has 6 nitrogen and oxygen atoms in total. The molecule has 1 aromatic heterocycles. The maximum absolute atomic E-state index is 12.3. The van der Waals surface area contributed by atoms with Crippen molar-refractivity contribution in [3.8, 4) is 0 Å². The molecule has 0 spiro atoms. The van der Waals surface area contributed by atoms with E-state index in [9.17, 15) is 9.90 Å². The molecule has 0 aliphatic heterocycles. The van der Waals surface area contributed by atoms with Crippen LogP contribution in [0, 0.1) is 11.8 Å². The van der Waals surface area contributed by atoms with Crippen LogP contribution in [0.3, 0.4) is 0 Å². The Kier molecular flexibility index (Phi) is 4.05. The van der Waals surface area contributed by atoms with Gasteiger partial charge in [0.15, 0.2) is 0 Å². The van der Waals surface area contributed by atoms with Crippen molar-refractivity contribution in [2.75, 3.05) is 5.32 Å². The van der Waals surface area contributed by atoms with Gasteiger partial charge >= 0.3 is 6.03 Å². The molecule has 2 amide bonds. The zero-order valence-electron chi connectivity index (χ0n) is 14.7. The predicted octanol–water partition coefficient (Wildman–Crippen LogP) is 4.29. The number of aromatic amines is 1. The Labute approximate surface area is 171 Å². The average molecular weight is 417 g/mol. The predicted molar refractivity (Wildman–Crippen MR) is 109 cm³/mol. The van der Waals surface area contributed by atoms with E-state index in [0.717, 1.165) is 16.5 Å². The number of urea groups is 1. The number of aliphatic hydroxyl groups is 1. The van der Waals surface area contributed by atoms with E-state index in [1.54, 1.807) is 36.5 Å². The second-order valence-electron chi connectivity index (χ2n) is 7.69. The maximum Gasteiger partial charge on any atom is 0.319 e. The first-order valence-electron chi connectivity index (χ1n) is 9.11. The van der Waals surface area contributed by atoms with Gasteiger partial charge in [-0.05, 0) is 60.6 Å². The molecule has 8 heteroatoms. The Morgan fingerprint density at radius 2 is 1.96 bits per heavy atom. The molecular weight excluding hydrogens is 399 g/mol. The summed E-state index contributed by atoms with van der Waals surface area (Å²) in [5, 5.41) is 26.1. The number of fused-ring (bicyclic) bond motifs is 2. The molecule has 4 atom stereocenters. The van der Waals surface area contributed by atoms with Crippen molar-refractivity contribution >= 4 is 45.8 Å². The molecule has 0 unspecified atom stereocenters. The molecule has 144 valence electrons. The van der Waals surface area contributed by atoms with E-state index in [1.165, 1.54) is 0 Å². The van der Waals surface area contributed by atoms with Crippen molar-refractivity contribution in [3.05, 3.63) is 58.2 Å². The van der Waals surface area contributed by atoms with Gasteiger partial charge in [-0.3, -0.25) is 5.10 Å². The Balaban J connectivity index is 1.26. The van der Waals surface area contributed by atoms with E-state index in [2.05, 4.69) is 20.8 Å². The van der Waals surface area contributed by atoms with Crippen LogP contribution in [0.5, 0.6) is 0 Å². The zero-order chi connectivity index (χ0) is 19.5. The van der Waals surface area contributed by atoms with E-state index in [4.69, 9.17) is 23.2 Å². The van der Waals surface area contributed by atoms with Gasteiger partial charge in [0.05, 0.1) is 17.3 Å². The van der Waals surface area contributed by atoms with Crippen molar-refractivity contribution in [2.45, 2.75) is 24.5 Å². The fourth-order valence-electron chi connectivity index (χ4n) is 4.58. The van der Waals surface area contributed by atoms with Gasteiger partial charge in [-0.25, -0.2) is 4.79 Å². The van der Waals surface area contributed by atoms with Crippen LogP contribution in [0.1, 0.15) is 18.4 Å². The van der Waals surface area contributed by atoms with Gasteiger partial charge in [-0.2, -0.15) is 5.10 Å². The van der Waals surface area contributed by atoms with Gasteiger partial charge in [0.1, 0.15) is 0 Å². The van der Waals surface area contributed by atoms with E-state index in [-0.39, 0.29) is 23.9 Å². The van der Waals surface area contributed by atoms with Crippen LogP contribution >= 0.6 is 23.2 Å². The number of H-pyrrole nitrogens is 1. The van der Waals surface area contributed by atoms with Crippen LogP contribution in [-0.2, 0) is 5.60 Å². The summed E-state index contributed by atoms with van der Waals surface area (Å²) in [7, 11) is 0. The number of rotatable bonds is 3. The maximum atomic E-state index is 12.3. The van der Waals surface area contributed by atoms with Crippen LogP contribution in [0.2, 0.25) is 10.0 Å². The minimum Gasteiger partial charge on any atom is -0.385 e. The largest absolute Gasteiger partial charge is 0.385 e. The third-order valence-corrected chi connectivity index (χ3v) is 6.34. The highest BCUT2D eigenvalue weighted by Crippen LogP contribution is 2.60. The van der Waals surface area contributed by atoms with Gasteiger partial charge in [-0.1, -0.05) is 29.3 Å². The average Bonchev–Trinajstić information content (AvgIpc) is 3.01. The molecule has 1 heterocycles. The number of benzene rings is 2. The summed E-state index contributed by atoms with van der Waals surface area (Å²) in [6.07, 6.45) is 2.89. The standard InChI is InChI=1S/C20H18Cl2N4O2/c21-10-2-1-3-12(4-10)24-19(27)25-18-13-7-20(28,8-14(13)18)16-5-11(22)6-17-15(16)9-23-26-17/h1-6,9,13-14,18,28H,7-8H2,(H,23,26)(H2,24,25,27)/t13-,14+,18-,20+. The summed E-state index contributed by atoms with van der Waals surface area (Å²) < 4.78 is 0. The smallest absolute Gasteiger partial charge is 0.319 e. The van der Waals surface area contributed by atoms with Gasteiger partial charge in [-0.15, -0.1) is 0 Å². The normalized spacial score (nSPS) is 28.2. The van der Waals surface area contributed by atoms with Gasteiger partial charge in [0.25, 0.3) is 0 Å². The molecule has 0 radical (unpaired) electrons. The number of nitrogens with one attached hydrogen (secondary N) is 3. The Hall–Kier alpha value is -2.28. The van der Waals surface area contributed by atoms with E-state index >= 15 is 0 Å². The summed E-state index contributed by atoms with van der Waals surface area (Å²) in [6.45, 7) is 0. The Morgan fingerprint density at radius 1 is 1.18 bits per heavy atom. The molecule has 2 saturated carbocycles. The molecule has 5 rings (SSSR count). The highest BCUT2D eigenvalue weighted by atomic mass is 35.5. The van der Waals surface area contributed by atoms with Gasteiger partial charge in [0, 0.05) is 27.2 Å². The first-order chi connectivity index (χ1) is 13.4. The van der Waals surface area contributed by atoms with Crippen LogP contribution in [0.4, 0.5) is 10.5 Å². The van der Waals surface area contributed by atoms with Crippen molar-refractivity contribution in [3.63, 3.8) is 0 Å². The van der Waals surface area contributed by atoms with Crippen molar-refractivity contribution in [1.82, 2.24) is 15.5 Å². The summed E-state index contributed by atoms with van der Waals surface area (Å²) in [4.78, 5) is 12.3. The topological polar surface area (TPSA) is 90.0 Å². The number of halogens is 2. The summed E-state index contributed by atoms with van der Waals surface area (Å²) in [5.41, 5.74) is 1.31. The van der Waals surface area contributed by atoms with E-state index in [1.807, 2.05) is 6.07 Å². The van der Waals surface area contributed by atoms with Crippen LogP contribution in [-0.4, -0.2) is 27.4 Å². The lowest BCUT2D eigenvalue weighted by molar-refractivity contribution is 0.0300. The van der Waals surface area contributed by atoms with E-state index < -0.39 is 5.60 Å². The van der Waals surface area contributed by atoms with Crippen LogP contribution in [0.25, 0.3) is 10.9 Å². The first kappa shape index (κ1) is 17.8. The van der Waals surface area contributed by atoms with E-state index in [0.29, 0.717) is 28.6 Å². The van der Waals surface area contributed by atoms with Crippen LogP contribution in [0.15, 0.2) is 42.6 Å². The Morgan fingerprint density at radius 3 is 2.71 bits per heavy atom. The van der Waals surface area contributed by atoms with Crippen LogP contribution < -0.4 is 10.6 Å². The number of aromatic nitrogens is 2. The molecule has 2 aromatic carbocycles. The van der Waals surface area contributed by atoms with Crippen molar-refractivity contribution < 1.29 is 9.90 Å². The lowest BCUT2D eigenvalue weighted by atomic mass is 9.86. The SMILES string of the molecule is O=C(Nc1cccc(Cl)c1)N[C@@H]1[C@@H]2C[C@@](O)(c3cc(Cl)cc4[nH]ncc34)C[C@@H]21. The summed E-state index contributed by atoms with van der Waals surface area (Å²) in [6, 6.07) is 10.4. The number of anilines is 1. The molecule has 2 aliphatic carbocycles. The monoisotopic (exact) mass is 416 g/mol. The minimum atomic E-state index is -0.954. The van der Waals surface area contributed by atoms with Crippen molar-refractivity contribution in [2.24, 2.45) is 11.8 Å². The summed E-state index contributed by atoms with van der Waals surface area (Å²) >= 11 is 12.2. The molecular formula is C20H18Cl2N4O2. The number of nitrogens with zero attached hydrogens (tertiary/aromatic N) is 1. The highest BCUT2D eigenvalue weighted by molar-refractivity contribution is 6.31. The highest BCUT2D eigenvalue weighted by Gasteiger charge is 2.62. The molecule has 2 fully saturated rings. The number of carbonyl (C=O) groups excluding carboxylic acids is 1. The second kappa shape index (κ2) is 6.37. The molecule has 0 bridgehead atoms. The molecule has 2 aliphatic rings. The minimum absolute atomic E-state index is 0.0680. The molecule has 28 heavy (non-hydrogen) atoms. The Bertz CT molecular complexity index is 1070. The third kappa shape index (κ3) is 3.02. The van der Waals surface area contributed by atoms with Gasteiger partial charge in [0.2, 0.25) is 0 Å². The number of carbonyl (C=O) groups is 1.